The van der Waals surface area contributed by atoms with Crippen LogP contribution in [0.2, 0.25) is 48.4 Å². The van der Waals surface area contributed by atoms with Gasteiger partial charge in [-0.1, -0.05) is 198 Å². The van der Waals surface area contributed by atoms with Crippen LogP contribution in [0.4, 0.5) is 0 Å². The lowest BCUT2D eigenvalue weighted by molar-refractivity contribution is 0.694. The molecule has 2 aliphatic rings. The van der Waals surface area contributed by atoms with Gasteiger partial charge in [0.25, 0.3) is 0 Å². The van der Waals surface area contributed by atoms with Gasteiger partial charge >= 0.3 is 0 Å². The van der Waals surface area contributed by atoms with E-state index in [-0.39, 0.29) is 0 Å². The standard InChI is InChI=1S/C38H56Si3/c1-27(2)35-23-33(39(9,10)31-19-15-13-16-20-31)25-37(35)41(29(5)6,30(7)8)38-26-34(24-36(38)28(3)4)40(11,12)32-21-17-14-18-22-32/h13-30,37-38H,1-12H3. The van der Waals surface area contributed by atoms with Crippen LogP contribution in [0.5, 0.6) is 0 Å². The first-order chi connectivity index (χ1) is 19.2. The van der Waals surface area contributed by atoms with Crippen molar-refractivity contribution >= 4 is 34.6 Å². The number of rotatable bonds is 10. The third-order valence-electron chi connectivity index (χ3n) is 10.9. The fourth-order valence-corrected chi connectivity index (χ4v) is 21.0. The Kier molecular flexibility index (Phi) is 9.34. The van der Waals surface area contributed by atoms with E-state index < -0.39 is 24.2 Å². The summed E-state index contributed by atoms with van der Waals surface area (Å²) >= 11 is 0. The maximum Gasteiger partial charge on any atom is 0.111 e. The highest BCUT2D eigenvalue weighted by atomic mass is 28.3. The fourth-order valence-electron chi connectivity index (χ4n) is 8.22. The van der Waals surface area contributed by atoms with E-state index in [0.29, 0.717) is 34.0 Å². The topological polar surface area (TPSA) is 0 Å². The Bertz CT molecular complexity index is 1230. The second kappa shape index (κ2) is 12.0. The Morgan fingerprint density at radius 3 is 1.07 bits per heavy atom. The van der Waals surface area contributed by atoms with Gasteiger partial charge in [0.15, 0.2) is 0 Å². The molecule has 0 saturated heterocycles. The summed E-state index contributed by atoms with van der Waals surface area (Å²) in [7, 11) is -5.64. The molecule has 0 heterocycles. The van der Waals surface area contributed by atoms with E-state index in [9.17, 15) is 0 Å². The zero-order valence-electron chi connectivity index (χ0n) is 28.0. The Balaban J connectivity index is 1.93. The molecule has 0 radical (unpaired) electrons. The molecule has 0 saturated carbocycles. The molecule has 0 aromatic heterocycles. The molecule has 4 rings (SSSR count). The minimum atomic E-state index is -2.02. The van der Waals surface area contributed by atoms with Crippen LogP contribution in [0.3, 0.4) is 0 Å². The lowest BCUT2D eigenvalue weighted by atomic mass is 10.0. The van der Waals surface area contributed by atoms with E-state index in [0.717, 1.165) is 0 Å². The predicted molar refractivity (Wildman–Crippen MR) is 193 cm³/mol. The fraction of sp³-hybridized carbons (Fsp3) is 0.474. The van der Waals surface area contributed by atoms with E-state index in [1.54, 1.807) is 31.9 Å². The molecule has 41 heavy (non-hydrogen) atoms. The first kappa shape index (κ1) is 32.0. The van der Waals surface area contributed by atoms with Crippen molar-refractivity contribution in [3.05, 3.63) is 107 Å². The van der Waals surface area contributed by atoms with Crippen LogP contribution in [0.15, 0.2) is 107 Å². The molecule has 2 aromatic rings. The maximum atomic E-state index is 2.84. The van der Waals surface area contributed by atoms with Gasteiger partial charge < -0.3 is 0 Å². The van der Waals surface area contributed by atoms with E-state index in [1.807, 2.05) is 0 Å². The second-order valence-electron chi connectivity index (χ2n) is 15.1. The number of allylic oxidation sites excluding steroid dienone is 8. The highest BCUT2D eigenvalue weighted by molar-refractivity contribution is 6.97. The summed E-state index contributed by atoms with van der Waals surface area (Å²) in [5.74, 6) is 1.12. The molecule has 0 bridgehead atoms. The monoisotopic (exact) mass is 596 g/mol. The molecular weight excluding hydrogens is 541 g/mol. The Morgan fingerprint density at radius 2 is 0.805 bits per heavy atom. The van der Waals surface area contributed by atoms with Crippen molar-refractivity contribution in [2.45, 2.75) is 104 Å². The van der Waals surface area contributed by atoms with Gasteiger partial charge in [-0.3, -0.25) is 0 Å². The molecule has 3 heteroatoms. The van der Waals surface area contributed by atoms with Crippen molar-refractivity contribution in [1.29, 1.82) is 0 Å². The number of benzene rings is 2. The van der Waals surface area contributed by atoms with Gasteiger partial charge in [-0.25, -0.2) is 0 Å². The molecule has 2 aliphatic carbocycles. The minimum absolute atomic E-state index is 0.560. The zero-order chi connectivity index (χ0) is 30.3. The van der Waals surface area contributed by atoms with Crippen LogP contribution < -0.4 is 10.4 Å². The molecule has 2 unspecified atom stereocenters. The SMILES string of the molecule is CC(C)C1=CC([Si](C)(C)c2ccccc2)=CC1[Si](C(C)C)(C(C)C)C1C=C([Si](C)(C)c2ccccc2)C=C1C(C)C. The Morgan fingerprint density at radius 1 is 0.488 bits per heavy atom. The van der Waals surface area contributed by atoms with Crippen molar-refractivity contribution < 1.29 is 0 Å². The van der Waals surface area contributed by atoms with E-state index >= 15 is 0 Å². The Hall–Kier alpha value is -1.95. The summed E-state index contributed by atoms with van der Waals surface area (Å²) in [6.45, 7) is 30.4. The predicted octanol–water partition coefficient (Wildman–Crippen LogP) is 10.3. The van der Waals surface area contributed by atoms with Crippen LogP contribution in [0, 0.1) is 11.8 Å². The molecule has 220 valence electrons. The van der Waals surface area contributed by atoms with Crippen molar-refractivity contribution in [3.8, 4) is 0 Å². The quantitative estimate of drug-likeness (QED) is 0.239. The molecule has 0 aliphatic heterocycles. The molecular formula is C38H56Si3. The van der Waals surface area contributed by atoms with Gasteiger partial charge in [0.05, 0.1) is 8.07 Å². The number of hydrogen-bond donors (Lipinski definition) is 0. The van der Waals surface area contributed by atoms with E-state index in [2.05, 4.69) is 167 Å². The second-order valence-corrected chi connectivity index (χ2v) is 29.5. The lowest BCUT2D eigenvalue weighted by Crippen LogP contribution is -2.51. The first-order valence-corrected chi connectivity index (χ1v) is 24.5. The zero-order valence-corrected chi connectivity index (χ0v) is 31.0. The van der Waals surface area contributed by atoms with Crippen LogP contribution >= 0.6 is 0 Å². The van der Waals surface area contributed by atoms with E-state index in [4.69, 9.17) is 0 Å². The molecule has 2 atom stereocenters. The summed E-state index contributed by atoms with van der Waals surface area (Å²) < 4.78 is 0. The van der Waals surface area contributed by atoms with Crippen LogP contribution in [-0.4, -0.2) is 24.2 Å². The summed E-state index contributed by atoms with van der Waals surface area (Å²) in [5.41, 5.74) is 5.95. The smallest absolute Gasteiger partial charge is 0.0803 e. The first-order valence-electron chi connectivity index (χ1n) is 16.1. The maximum absolute atomic E-state index is 2.84. The summed E-state index contributed by atoms with van der Waals surface area (Å²) in [6.07, 6.45) is 11.1. The van der Waals surface area contributed by atoms with Gasteiger partial charge in [0.2, 0.25) is 0 Å². The van der Waals surface area contributed by atoms with Gasteiger partial charge in [-0.15, -0.1) is 0 Å². The third kappa shape index (κ3) is 5.59. The van der Waals surface area contributed by atoms with Gasteiger partial charge in [-0.05, 0) is 34.0 Å². The number of hydrogen-bond acceptors (Lipinski definition) is 0. The molecule has 0 fully saturated rings. The average molecular weight is 597 g/mol. The largest absolute Gasteiger partial charge is 0.111 e. The van der Waals surface area contributed by atoms with Crippen LogP contribution in [-0.2, 0) is 0 Å². The van der Waals surface area contributed by atoms with Crippen LogP contribution in [0.1, 0.15) is 55.4 Å². The molecule has 0 amide bonds. The van der Waals surface area contributed by atoms with Gasteiger partial charge in [0.1, 0.15) is 16.1 Å². The molecule has 0 nitrogen and oxygen atoms in total. The van der Waals surface area contributed by atoms with Crippen molar-refractivity contribution in [3.63, 3.8) is 0 Å². The van der Waals surface area contributed by atoms with Crippen molar-refractivity contribution in [1.82, 2.24) is 0 Å². The molecule has 0 spiro atoms. The summed E-state index contributed by atoms with van der Waals surface area (Å²) in [6, 6.07) is 22.7. The van der Waals surface area contributed by atoms with Crippen LogP contribution in [0.25, 0.3) is 0 Å². The normalized spacial score (nSPS) is 20.2. The highest BCUT2D eigenvalue weighted by Gasteiger charge is 2.56. The molecule has 0 N–H and O–H groups in total. The average Bonchev–Trinajstić information content (AvgIpc) is 3.57. The van der Waals surface area contributed by atoms with Crippen molar-refractivity contribution in [2.24, 2.45) is 11.8 Å². The molecule has 2 aromatic carbocycles. The summed E-state index contributed by atoms with van der Waals surface area (Å²) in [4.78, 5) is 0. The highest BCUT2D eigenvalue weighted by Crippen LogP contribution is 2.61. The lowest BCUT2D eigenvalue weighted by Gasteiger charge is -2.50. The van der Waals surface area contributed by atoms with Gasteiger partial charge in [0, 0.05) is 0 Å². The van der Waals surface area contributed by atoms with Crippen molar-refractivity contribution in [2.75, 3.05) is 0 Å². The summed E-state index contributed by atoms with van der Waals surface area (Å²) in [5, 5.41) is 6.42. The van der Waals surface area contributed by atoms with E-state index in [1.165, 1.54) is 0 Å². The minimum Gasteiger partial charge on any atom is -0.0803 e. The van der Waals surface area contributed by atoms with Gasteiger partial charge in [-0.2, -0.15) is 0 Å². The Labute approximate surface area is 255 Å². The third-order valence-corrected chi connectivity index (χ3v) is 25.1.